The monoisotopic (exact) mass is 832 g/mol. The van der Waals surface area contributed by atoms with Gasteiger partial charge in [0.15, 0.2) is 0 Å². The number of nitrogens with zero attached hydrogens (tertiary/aromatic N) is 2. The summed E-state index contributed by atoms with van der Waals surface area (Å²) in [6.07, 6.45) is 5.20. The molecule has 0 radical (unpaired) electrons. The minimum atomic E-state index is -0.275. The lowest BCUT2D eigenvalue weighted by molar-refractivity contribution is -0.140. The van der Waals surface area contributed by atoms with Gasteiger partial charge in [0.1, 0.15) is 0 Å². The summed E-state index contributed by atoms with van der Waals surface area (Å²) in [5, 5.41) is 11.7. The number of carbonyl (C=O) groups excluding carboxylic acids is 3. The molecule has 0 atom stereocenters. The molecule has 0 aliphatic carbocycles. The van der Waals surface area contributed by atoms with Crippen molar-refractivity contribution >= 4 is 94.3 Å². The number of unbranched alkanes of at least 4 members (excludes halogenated alkanes) is 3. The molecule has 6 heterocycles. The van der Waals surface area contributed by atoms with E-state index >= 15 is 0 Å². The fourth-order valence-corrected chi connectivity index (χ4v) is 9.33. The van der Waals surface area contributed by atoms with Gasteiger partial charge in [-0.05, 0) is 151 Å². The van der Waals surface area contributed by atoms with E-state index in [0.29, 0.717) is 32.4 Å². The lowest BCUT2D eigenvalue weighted by Crippen LogP contribution is -2.25. The van der Waals surface area contributed by atoms with Gasteiger partial charge in [-0.15, -0.1) is 11.3 Å². The second-order valence-corrected chi connectivity index (χ2v) is 17.0. The van der Waals surface area contributed by atoms with Crippen LogP contribution < -0.4 is 10.6 Å². The van der Waals surface area contributed by atoms with Crippen molar-refractivity contribution in [3.8, 4) is 0 Å². The van der Waals surface area contributed by atoms with Crippen LogP contribution in [-0.4, -0.2) is 57.9 Å². The van der Waals surface area contributed by atoms with E-state index in [1.165, 1.54) is 12.5 Å². The van der Waals surface area contributed by atoms with Crippen LogP contribution in [0.2, 0.25) is 0 Å². The standard InChI is InChI=1S/C50H52N6O4S/c1-29-22-35-26-43-31(3)36(14-16-47(57)51-19-10-6-7-11-20-52-50(59)40-24-33-12-8-9-13-38(33)39-18-21-61-49(39)40)45(55-43)28-46-37(15-17-48(58)60-5)32(4)44(56-46)27-42-30(2)23-34(54-42)25-41(29)53-35/h8-9,12-13,18,21-28,53-54H,6-7,10-11,14-17,19-20H2,1-5H3,(H,51,57)(H,52,59). The van der Waals surface area contributed by atoms with E-state index < -0.39 is 0 Å². The third-order valence-corrected chi connectivity index (χ3v) is 12.8. The molecule has 2 aliphatic heterocycles. The number of aryl methyl sites for hydroxylation is 2. The Kier molecular flexibility index (Phi) is 12.3. The van der Waals surface area contributed by atoms with Gasteiger partial charge in [-0.3, -0.25) is 14.4 Å². The maximum Gasteiger partial charge on any atom is 0.305 e. The summed E-state index contributed by atoms with van der Waals surface area (Å²) < 4.78 is 6.01. The molecule has 2 amide bonds. The first kappa shape index (κ1) is 41.4. The van der Waals surface area contributed by atoms with Crippen molar-refractivity contribution in [2.24, 2.45) is 0 Å². The van der Waals surface area contributed by atoms with E-state index in [9.17, 15) is 14.4 Å². The van der Waals surface area contributed by atoms with Crippen molar-refractivity contribution < 1.29 is 19.1 Å². The Morgan fingerprint density at radius 3 is 1.98 bits per heavy atom. The average molecular weight is 833 g/mol. The second-order valence-electron chi connectivity index (χ2n) is 16.1. The molecule has 4 N–H and O–H groups in total. The molecule has 10 nitrogen and oxygen atoms in total. The van der Waals surface area contributed by atoms with E-state index in [0.717, 1.165) is 125 Å². The Bertz CT molecular complexity index is 2930. The van der Waals surface area contributed by atoms with Gasteiger partial charge in [0.2, 0.25) is 5.91 Å². The molecule has 0 saturated carbocycles. The van der Waals surface area contributed by atoms with Crippen molar-refractivity contribution in [2.45, 2.75) is 79.1 Å². The van der Waals surface area contributed by atoms with Crippen molar-refractivity contribution in [3.05, 3.63) is 118 Å². The summed E-state index contributed by atoms with van der Waals surface area (Å²) in [5.74, 6) is -0.312. The number of allylic oxidation sites excluding steroid dienone is 4. The quantitative estimate of drug-likeness (QED) is 0.0636. The highest BCUT2D eigenvalue weighted by Crippen LogP contribution is 2.38. The van der Waals surface area contributed by atoms with Crippen molar-refractivity contribution in [1.29, 1.82) is 0 Å². The number of rotatable bonds is 14. The van der Waals surface area contributed by atoms with Gasteiger partial charge >= 0.3 is 5.97 Å². The number of esters is 1. The molecule has 8 rings (SSSR count). The molecule has 61 heavy (non-hydrogen) atoms. The third kappa shape index (κ3) is 9.07. The van der Waals surface area contributed by atoms with Crippen LogP contribution in [0.15, 0.2) is 78.2 Å². The van der Waals surface area contributed by atoms with Gasteiger partial charge in [-0.1, -0.05) is 37.1 Å². The van der Waals surface area contributed by atoms with E-state index in [1.807, 2.05) is 36.6 Å². The highest BCUT2D eigenvalue weighted by Gasteiger charge is 2.23. The van der Waals surface area contributed by atoms with Crippen molar-refractivity contribution in [1.82, 2.24) is 30.6 Å². The predicted octanol–water partition coefficient (Wildman–Crippen LogP) is 11.0. The SMILES string of the molecule is COC(=O)CCC1=C(C)c2cc3[nH]c(cc3C)cc3[nH]c(cc4nc(cc1n2)C(CCC(=O)NCCCCCCNC(=O)c1cc2ccccc2c2ccsc12)=C4C)cc3C. The minimum Gasteiger partial charge on any atom is -0.469 e. The summed E-state index contributed by atoms with van der Waals surface area (Å²) in [5.41, 5.74) is 14.1. The number of hydrogen-bond acceptors (Lipinski definition) is 7. The fraction of sp³-hybridized carbons (Fsp3) is 0.300. The predicted molar refractivity (Wildman–Crippen MR) is 249 cm³/mol. The van der Waals surface area contributed by atoms with Crippen LogP contribution in [0.25, 0.3) is 65.2 Å². The topological polar surface area (TPSA) is 142 Å². The summed E-state index contributed by atoms with van der Waals surface area (Å²) in [7, 11) is 1.41. The highest BCUT2D eigenvalue weighted by atomic mass is 32.1. The van der Waals surface area contributed by atoms with Crippen LogP contribution in [0.4, 0.5) is 0 Å². The molecule has 0 saturated heterocycles. The van der Waals surface area contributed by atoms with Crippen LogP contribution in [0, 0.1) is 13.8 Å². The number of amides is 2. The van der Waals surface area contributed by atoms with Crippen molar-refractivity contribution in [2.75, 3.05) is 20.2 Å². The lowest BCUT2D eigenvalue weighted by atomic mass is 9.98. The first-order chi connectivity index (χ1) is 29.6. The number of aromatic amines is 2. The lowest BCUT2D eigenvalue weighted by Gasteiger charge is -2.09. The number of carbonyl (C=O) groups is 3. The first-order valence-corrected chi connectivity index (χ1v) is 22.1. The number of hydrogen-bond donors (Lipinski definition) is 4. The van der Waals surface area contributed by atoms with E-state index in [2.05, 4.69) is 89.9 Å². The zero-order valence-electron chi connectivity index (χ0n) is 35.5. The molecule has 11 heteroatoms. The number of methoxy groups -OCH3 is 1. The Balaban J connectivity index is 0.922. The molecule has 0 spiro atoms. The van der Waals surface area contributed by atoms with Crippen LogP contribution in [-0.2, 0) is 14.3 Å². The zero-order valence-corrected chi connectivity index (χ0v) is 36.3. The van der Waals surface area contributed by atoms with Gasteiger partial charge in [-0.25, -0.2) is 9.97 Å². The summed E-state index contributed by atoms with van der Waals surface area (Å²) >= 11 is 1.60. The molecular formula is C50H52N6O4S. The number of nitrogens with one attached hydrogen (secondary N) is 4. The molecule has 4 aromatic heterocycles. The first-order valence-electron chi connectivity index (χ1n) is 21.2. The Hall–Kier alpha value is -6.33. The Labute approximate surface area is 359 Å². The molecule has 0 unspecified atom stereocenters. The summed E-state index contributed by atoms with van der Waals surface area (Å²) in [6.45, 7) is 9.50. The maximum atomic E-state index is 13.2. The molecule has 2 aliphatic rings. The number of ether oxygens (including phenoxy) is 1. The normalized spacial score (nSPS) is 12.7. The molecule has 8 bridgehead atoms. The largest absolute Gasteiger partial charge is 0.469 e. The van der Waals surface area contributed by atoms with Gasteiger partial charge in [0, 0.05) is 58.1 Å². The van der Waals surface area contributed by atoms with Gasteiger partial charge < -0.3 is 25.3 Å². The Morgan fingerprint density at radius 1 is 0.656 bits per heavy atom. The molecule has 6 aromatic rings. The molecule has 312 valence electrons. The van der Waals surface area contributed by atoms with Crippen LogP contribution in [0.5, 0.6) is 0 Å². The molecular weight excluding hydrogens is 781 g/mol. The van der Waals surface area contributed by atoms with Crippen LogP contribution >= 0.6 is 11.3 Å². The number of aromatic nitrogens is 4. The average Bonchev–Trinajstić information content (AvgIpc) is 4.07. The van der Waals surface area contributed by atoms with Gasteiger partial charge in [-0.2, -0.15) is 0 Å². The van der Waals surface area contributed by atoms with Crippen molar-refractivity contribution in [3.63, 3.8) is 0 Å². The van der Waals surface area contributed by atoms with Gasteiger partial charge in [0.05, 0.1) is 35.4 Å². The third-order valence-electron chi connectivity index (χ3n) is 11.9. The summed E-state index contributed by atoms with van der Waals surface area (Å²) in [6, 6.07) is 24.8. The Morgan fingerprint density at radius 2 is 1.28 bits per heavy atom. The molecule has 2 aromatic carbocycles. The number of fused-ring (bicyclic) bond motifs is 11. The van der Waals surface area contributed by atoms with E-state index in [-0.39, 0.29) is 24.2 Å². The fourth-order valence-electron chi connectivity index (χ4n) is 8.41. The molecule has 0 fully saturated rings. The number of H-pyrrole nitrogens is 2. The van der Waals surface area contributed by atoms with E-state index in [1.54, 1.807) is 11.3 Å². The maximum absolute atomic E-state index is 13.2. The zero-order chi connectivity index (χ0) is 42.6. The summed E-state index contributed by atoms with van der Waals surface area (Å²) in [4.78, 5) is 56.1. The number of benzene rings is 2. The van der Waals surface area contributed by atoms with Crippen LogP contribution in [0.1, 0.15) is 109 Å². The second kappa shape index (κ2) is 18.1. The minimum absolute atomic E-state index is 0.00313. The van der Waals surface area contributed by atoms with Gasteiger partial charge in [0.25, 0.3) is 5.91 Å². The smallest absolute Gasteiger partial charge is 0.305 e. The number of thiophene rings is 1. The van der Waals surface area contributed by atoms with Crippen LogP contribution in [0.3, 0.4) is 0 Å². The highest BCUT2D eigenvalue weighted by molar-refractivity contribution is 7.17. The van der Waals surface area contributed by atoms with E-state index in [4.69, 9.17) is 14.7 Å².